The highest BCUT2D eigenvalue weighted by molar-refractivity contribution is 7.89. The molecule has 0 aliphatic carbocycles. The molecule has 6 nitrogen and oxygen atoms in total. The van der Waals surface area contributed by atoms with Crippen LogP contribution in [0.1, 0.15) is 19.3 Å². The van der Waals surface area contributed by atoms with E-state index < -0.39 is 10.0 Å². The number of piperidine rings is 1. The molecule has 2 rings (SSSR count). The number of sulfonamides is 1. The summed E-state index contributed by atoms with van der Waals surface area (Å²) >= 11 is 0. The summed E-state index contributed by atoms with van der Waals surface area (Å²) in [5.74, 6) is -0.314. The Morgan fingerprint density at radius 1 is 1.26 bits per heavy atom. The van der Waals surface area contributed by atoms with Crippen LogP contribution in [0.15, 0.2) is 35.2 Å². The van der Waals surface area contributed by atoms with E-state index in [9.17, 15) is 13.2 Å². The first-order valence-corrected chi connectivity index (χ1v) is 9.47. The van der Waals surface area contributed by atoms with Crippen LogP contribution in [0.4, 0.5) is 0 Å². The van der Waals surface area contributed by atoms with Crippen LogP contribution >= 0.6 is 0 Å². The van der Waals surface area contributed by atoms with Gasteiger partial charge in [-0.2, -0.15) is 4.31 Å². The van der Waals surface area contributed by atoms with Crippen molar-refractivity contribution in [1.29, 1.82) is 0 Å². The summed E-state index contributed by atoms with van der Waals surface area (Å²) in [4.78, 5) is 12.5. The molecule has 1 saturated heterocycles. The summed E-state index contributed by atoms with van der Waals surface area (Å²) < 4.78 is 26.7. The van der Waals surface area contributed by atoms with E-state index in [0.29, 0.717) is 19.5 Å². The summed E-state index contributed by atoms with van der Waals surface area (Å²) in [6.07, 6.45) is 2.31. The molecule has 23 heavy (non-hydrogen) atoms. The van der Waals surface area contributed by atoms with Crippen LogP contribution in [0.25, 0.3) is 0 Å². The van der Waals surface area contributed by atoms with E-state index in [4.69, 9.17) is 0 Å². The molecule has 1 aliphatic rings. The van der Waals surface area contributed by atoms with Crippen molar-refractivity contribution in [2.24, 2.45) is 5.92 Å². The number of carbonyl (C=O) groups is 1. The number of amides is 1. The molecule has 7 heteroatoms. The molecular formula is C16H25N3O3S. The Bertz CT molecular complexity index is 604. The van der Waals surface area contributed by atoms with Gasteiger partial charge in [0.05, 0.1) is 10.8 Å². The van der Waals surface area contributed by atoms with E-state index in [-0.39, 0.29) is 23.3 Å². The quantitative estimate of drug-likeness (QED) is 0.721. The van der Waals surface area contributed by atoms with Gasteiger partial charge in [0.15, 0.2) is 0 Å². The molecule has 1 aromatic carbocycles. The van der Waals surface area contributed by atoms with E-state index in [0.717, 1.165) is 19.4 Å². The summed E-state index contributed by atoms with van der Waals surface area (Å²) in [5.41, 5.74) is 0. The zero-order valence-electron chi connectivity index (χ0n) is 13.5. The molecule has 0 saturated carbocycles. The number of nitrogens with one attached hydrogen (secondary N) is 2. The number of hydrogen-bond donors (Lipinski definition) is 2. The van der Waals surface area contributed by atoms with Crippen LogP contribution in [0.3, 0.4) is 0 Å². The van der Waals surface area contributed by atoms with Crippen molar-refractivity contribution in [2.45, 2.75) is 24.2 Å². The first-order valence-electron chi connectivity index (χ1n) is 8.03. The van der Waals surface area contributed by atoms with Gasteiger partial charge >= 0.3 is 0 Å². The average molecular weight is 339 g/mol. The van der Waals surface area contributed by atoms with E-state index in [1.165, 1.54) is 4.31 Å². The molecule has 1 unspecified atom stereocenters. The largest absolute Gasteiger partial charge is 0.356 e. The van der Waals surface area contributed by atoms with Gasteiger partial charge in [-0.05, 0) is 45.0 Å². The van der Waals surface area contributed by atoms with Gasteiger partial charge in [0, 0.05) is 19.6 Å². The molecule has 0 bridgehead atoms. The second kappa shape index (κ2) is 8.42. The zero-order chi connectivity index (χ0) is 16.7. The number of carbonyl (C=O) groups excluding carboxylic acids is 1. The van der Waals surface area contributed by atoms with Crippen LogP contribution in [0, 0.1) is 5.92 Å². The SMILES string of the molecule is CNCCCNC(=O)C1CCCN(S(=O)(=O)c2ccccc2)C1. The third-order valence-electron chi connectivity index (χ3n) is 4.04. The Kier molecular flexibility index (Phi) is 6.56. The van der Waals surface area contributed by atoms with Crippen molar-refractivity contribution < 1.29 is 13.2 Å². The van der Waals surface area contributed by atoms with E-state index >= 15 is 0 Å². The maximum absolute atomic E-state index is 12.6. The van der Waals surface area contributed by atoms with Crippen molar-refractivity contribution in [2.75, 3.05) is 33.2 Å². The zero-order valence-corrected chi connectivity index (χ0v) is 14.3. The third-order valence-corrected chi connectivity index (χ3v) is 5.92. The Balaban J connectivity index is 1.96. The van der Waals surface area contributed by atoms with Crippen molar-refractivity contribution in [1.82, 2.24) is 14.9 Å². The maximum atomic E-state index is 12.6. The van der Waals surface area contributed by atoms with Gasteiger partial charge in [-0.25, -0.2) is 8.42 Å². The standard InChI is InChI=1S/C16H25N3O3S/c1-17-10-6-11-18-16(20)14-7-5-12-19(13-14)23(21,22)15-8-3-2-4-9-15/h2-4,8-9,14,17H,5-7,10-13H2,1H3,(H,18,20). The lowest BCUT2D eigenvalue weighted by Gasteiger charge is -2.31. The lowest BCUT2D eigenvalue weighted by molar-refractivity contribution is -0.126. The average Bonchev–Trinajstić information content (AvgIpc) is 2.59. The third kappa shape index (κ3) is 4.76. The maximum Gasteiger partial charge on any atom is 0.243 e. The number of benzene rings is 1. The first-order chi connectivity index (χ1) is 11.1. The van der Waals surface area contributed by atoms with Gasteiger partial charge in [-0.3, -0.25) is 4.79 Å². The Morgan fingerprint density at radius 3 is 2.70 bits per heavy atom. The van der Waals surface area contributed by atoms with Crippen molar-refractivity contribution >= 4 is 15.9 Å². The Labute approximate surface area is 138 Å². The van der Waals surface area contributed by atoms with Crippen LogP contribution < -0.4 is 10.6 Å². The monoisotopic (exact) mass is 339 g/mol. The number of rotatable bonds is 7. The fourth-order valence-electron chi connectivity index (χ4n) is 2.74. The number of hydrogen-bond acceptors (Lipinski definition) is 4. The van der Waals surface area contributed by atoms with Gasteiger partial charge in [0.2, 0.25) is 15.9 Å². The van der Waals surface area contributed by atoms with Crippen LogP contribution in [-0.4, -0.2) is 51.9 Å². The van der Waals surface area contributed by atoms with Gasteiger partial charge < -0.3 is 10.6 Å². The summed E-state index contributed by atoms with van der Waals surface area (Å²) in [6, 6.07) is 8.40. The van der Waals surface area contributed by atoms with Gasteiger partial charge in [-0.15, -0.1) is 0 Å². The second-order valence-electron chi connectivity index (χ2n) is 5.76. The Morgan fingerprint density at radius 2 is 2.00 bits per heavy atom. The molecular weight excluding hydrogens is 314 g/mol. The van der Waals surface area contributed by atoms with Crippen molar-refractivity contribution in [3.63, 3.8) is 0 Å². The summed E-state index contributed by atoms with van der Waals surface area (Å²) in [6.45, 7) is 2.19. The fraction of sp³-hybridized carbons (Fsp3) is 0.562. The van der Waals surface area contributed by atoms with Gasteiger partial charge in [0.25, 0.3) is 0 Å². The molecule has 1 amide bonds. The van der Waals surface area contributed by atoms with E-state index in [1.807, 2.05) is 7.05 Å². The molecule has 0 spiro atoms. The smallest absolute Gasteiger partial charge is 0.243 e. The van der Waals surface area contributed by atoms with E-state index in [1.54, 1.807) is 30.3 Å². The normalized spacial score (nSPS) is 19.4. The molecule has 1 fully saturated rings. The van der Waals surface area contributed by atoms with Crippen LogP contribution in [0.5, 0.6) is 0 Å². The van der Waals surface area contributed by atoms with E-state index in [2.05, 4.69) is 10.6 Å². The lowest BCUT2D eigenvalue weighted by atomic mass is 9.99. The van der Waals surface area contributed by atoms with Crippen LogP contribution in [0.2, 0.25) is 0 Å². The predicted octanol–water partition coefficient (Wildman–Crippen LogP) is 0.813. The lowest BCUT2D eigenvalue weighted by Crippen LogP contribution is -2.45. The molecule has 1 aliphatic heterocycles. The minimum atomic E-state index is -3.51. The molecule has 1 atom stereocenters. The molecule has 1 heterocycles. The molecule has 128 valence electrons. The van der Waals surface area contributed by atoms with Gasteiger partial charge in [0.1, 0.15) is 0 Å². The molecule has 0 radical (unpaired) electrons. The minimum Gasteiger partial charge on any atom is -0.356 e. The van der Waals surface area contributed by atoms with Gasteiger partial charge in [-0.1, -0.05) is 18.2 Å². The van der Waals surface area contributed by atoms with Crippen LogP contribution in [-0.2, 0) is 14.8 Å². The first kappa shape index (κ1) is 17.9. The van der Waals surface area contributed by atoms with Crippen molar-refractivity contribution in [3.8, 4) is 0 Å². The summed E-state index contributed by atoms with van der Waals surface area (Å²) in [7, 11) is -1.64. The highest BCUT2D eigenvalue weighted by Crippen LogP contribution is 2.23. The number of nitrogens with zero attached hydrogens (tertiary/aromatic N) is 1. The molecule has 2 N–H and O–H groups in total. The highest BCUT2D eigenvalue weighted by Gasteiger charge is 2.32. The second-order valence-corrected chi connectivity index (χ2v) is 7.70. The topological polar surface area (TPSA) is 78.5 Å². The predicted molar refractivity (Wildman–Crippen MR) is 89.5 cm³/mol. The molecule has 1 aromatic rings. The van der Waals surface area contributed by atoms with Crippen molar-refractivity contribution in [3.05, 3.63) is 30.3 Å². The minimum absolute atomic E-state index is 0.0472. The summed E-state index contributed by atoms with van der Waals surface area (Å²) in [5, 5.41) is 5.93. The highest BCUT2D eigenvalue weighted by atomic mass is 32.2. The fourth-order valence-corrected chi connectivity index (χ4v) is 4.28. The molecule has 0 aromatic heterocycles. The Hall–Kier alpha value is -1.44.